The van der Waals surface area contributed by atoms with E-state index in [1.54, 1.807) is 25.1 Å². The Morgan fingerprint density at radius 2 is 1.64 bits per heavy atom. The van der Waals surface area contributed by atoms with Gasteiger partial charge in [-0.15, -0.1) is 10.2 Å². The van der Waals surface area contributed by atoms with E-state index in [0.717, 1.165) is 24.1 Å². The predicted octanol–water partition coefficient (Wildman–Crippen LogP) is 3.31. The van der Waals surface area contributed by atoms with Crippen molar-refractivity contribution in [3.63, 3.8) is 0 Å². The van der Waals surface area contributed by atoms with Gasteiger partial charge in [0.1, 0.15) is 0 Å². The summed E-state index contributed by atoms with van der Waals surface area (Å²) in [6.07, 6.45) is 1.62. The second kappa shape index (κ2) is 8.20. The third-order valence-corrected chi connectivity index (χ3v) is 5.76. The van der Waals surface area contributed by atoms with Crippen molar-refractivity contribution in [3.05, 3.63) is 36.4 Å². The van der Waals surface area contributed by atoms with Gasteiger partial charge in [-0.25, -0.2) is 8.42 Å². The molecule has 0 saturated heterocycles. The molecule has 2 rings (SSSR count). The Labute approximate surface area is 148 Å². The number of carbonyl (C=O) groups excluding carboxylic acids is 1. The molecule has 1 amide bonds. The molecular formula is C18H23N3O3S. The number of hydrogen-bond donors (Lipinski definition) is 1. The molecule has 1 N–H and O–H groups in total. The van der Waals surface area contributed by atoms with E-state index in [1.807, 2.05) is 26.0 Å². The van der Waals surface area contributed by atoms with Crippen LogP contribution in [0.15, 0.2) is 41.4 Å². The van der Waals surface area contributed by atoms with Crippen LogP contribution in [0.4, 0.5) is 5.69 Å². The van der Waals surface area contributed by atoms with Crippen molar-refractivity contribution in [1.29, 1.82) is 0 Å². The van der Waals surface area contributed by atoms with Crippen molar-refractivity contribution in [2.75, 3.05) is 11.1 Å². The molecule has 25 heavy (non-hydrogen) atoms. The van der Waals surface area contributed by atoms with Crippen molar-refractivity contribution in [3.8, 4) is 11.3 Å². The minimum absolute atomic E-state index is 0.00800. The van der Waals surface area contributed by atoms with Crippen LogP contribution in [0.1, 0.15) is 33.6 Å². The zero-order chi connectivity index (χ0) is 18.4. The molecule has 1 aromatic heterocycles. The zero-order valence-electron chi connectivity index (χ0n) is 14.7. The number of rotatable bonds is 7. The van der Waals surface area contributed by atoms with Gasteiger partial charge in [-0.05, 0) is 37.1 Å². The third kappa shape index (κ3) is 4.63. The summed E-state index contributed by atoms with van der Waals surface area (Å²) in [6, 6.07) is 10.3. The molecule has 0 fully saturated rings. The SMILES string of the molecule is CCC(CC)C(=O)Nc1ccc(-c2ccc(S(=O)(=O)CC)nn2)cc1. The summed E-state index contributed by atoms with van der Waals surface area (Å²) in [7, 11) is -3.35. The van der Waals surface area contributed by atoms with Crippen molar-refractivity contribution in [2.45, 2.75) is 38.6 Å². The van der Waals surface area contributed by atoms with Gasteiger partial charge in [0.15, 0.2) is 14.9 Å². The fraction of sp³-hybridized carbons (Fsp3) is 0.389. The molecule has 2 aromatic rings. The lowest BCUT2D eigenvalue weighted by molar-refractivity contribution is -0.120. The number of hydrogen-bond acceptors (Lipinski definition) is 5. The van der Waals surface area contributed by atoms with Gasteiger partial charge >= 0.3 is 0 Å². The van der Waals surface area contributed by atoms with Crippen LogP contribution in [0.5, 0.6) is 0 Å². The van der Waals surface area contributed by atoms with Crippen LogP contribution in [0.2, 0.25) is 0 Å². The van der Waals surface area contributed by atoms with E-state index >= 15 is 0 Å². The van der Waals surface area contributed by atoms with Crippen molar-refractivity contribution >= 4 is 21.4 Å². The molecule has 0 bridgehead atoms. The van der Waals surface area contributed by atoms with E-state index in [1.165, 1.54) is 6.07 Å². The topological polar surface area (TPSA) is 89.0 Å². The summed E-state index contributed by atoms with van der Waals surface area (Å²) in [4.78, 5) is 12.1. The van der Waals surface area contributed by atoms with E-state index in [4.69, 9.17) is 0 Å². The molecule has 7 heteroatoms. The molecule has 0 aliphatic carbocycles. The van der Waals surface area contributed by atoms with Crippen LogP contribution < -0.4 is 5.32 Å². The van der Waals surface area contributed by atoms with Crippen molar-refractivity contribution < 1.29 is 13.2 Å². The molecule has 1 heterocycles. The Balaban J connectivity index is 2.13. The number of amides is 1. The highest BCUT2D eigenvalue weighted by molar-refractivity contribution is 7.91. The van der Waals surface area contributed by atoms with Crippen LogP contribution in [0, 0.1) is 5.92 Å². The lowest BCUT2D eigenvalue weighted by atomic mass is 10.0. The maximum absolute atomic E-state index is 12.1. The van der Waals surface area contributed by atoms with Gasteiger partial charge in [0, 0.05) is 17.2 Å². The summed E-state index contributed by atoms with van der Waals surface area (Å²) in [6.45, 7) is 5.56. The zero-order valence-corrected chi connectivity index (χ0v) is 15.5. The van der Waals surface area contributed by atoms with Gasteiger partial charge in [0.05, 0.1) is 11.4 Å². The summed E-state index contributed by atoms with van der Waals surface area (Å²) >= 11 is 0. The Hall–Kier alpha value is -2.28. The molecule has 0 aliphatic heterocycles. The average Bonchev–Trinajstić information content (AvgIpc) is 2.63. The number of benzene rings is 1. The van der Waals surface area contributed by atoms with Crippen LogP contribution >= 0.6 is 0 Å². The fourth-order valence-electron chi connectivity index (χ4n) is 2.42. The Kier molecular flexibility index (Phi) is 6.25. The number of carbonyl (C=O) groups is 1. The highest BCUT2D eigenvalue weighted by Crippen LogP contribution is 2.21. The molecule has 6 nitrogen and oxygen atoms in total. The number of nitrogens with zero attached hydrogens (tertiary/aromatic N) is 2. The molecule has 0 radical (unpaired) electrons. The Morgan fingerprint density at radius 3 is 2.12 bits per heavy atom. The molecule has 0 saturated carbocycles. The summed E-state index contributed by atoms with van der Waals surface area (Å²) in [5, 5.41) is 10.7. The number of nitrogens with one attached hydrogen (secondary N) is 1. The Morgan fingerprint density at radius 1 is 1.00 bits per heavy atom. The molecule has 0 spiro atoms. The highest BCUT2D eigenvalue weighted by atomic mass is 32.2. The monoisotopic (exact) mass is 361 g/mol. The summed E-state index contributed by atoms with van der Waals surface area (Å²) < 4.78 is 23.5. The summed E-state index contributed by atoms with van der Waals surface area (Å²) in [5.41, 5.74) is 2.10. The van der Waals surface area contributed by atoms with E-state index in [2.05, 4.69) is 15.5 Å². The van der Waals surface area contributed by atoms with Gasteiger partial charge in [0.25, 0.3) is 0 Å². The quantitative estimate of drug-likeness (QED) is 0.817. The van der Waals surface area contributed by atoms with Gasteiger partial charge < -0.3 is 5.32 Å². The van der Waals surface area contributed by atoms with Gasteiger partial charge in [0.2, 0.25) is 5.91 Å². The Bertz CT molecular complexity index is 812. The lowest BCUT2D eigenvalue weighted by Crippen LogP contribution is -2.21. The minimum atomic E-state index is -3.35. The molecule has 0 aliphatic rings. The summed E-state index contributed by atoms with van der Waals surface area (Å²) in [5.74, 6) is 0.0247. The van der Waals surface area contributed by atoms with Gasteiger partial charge in [-0.1, -0.05) is 32.9 Å². The highest BCUT2D eigenvalue weighted by Gasteiger charge is 2.15. The van der Waals surface area contributed by atoms with Crippen LogP contribution in [0.3, 0.4) is 0 Å². The molecule has 0 atom stereocenters. The number of aromatic nitrogens is 2. The van der Waals surface area contributed by atoms with E-state index < -0.39 is 9.84 Å². The minimum Gasteiger partial charge on any atom is -0.326 e. The van der Waals surface area contributed by atoms with Crippen LogP contribution in [-0.4, -0.2) is 30.3 Å². The first kappa shape index (κ1) is 19.1. The van der Waals surface area contributed by atoms with Gasteiger partial charge in [-0.3, -0.25) is 4.79 Å². The predicted molar refractivity (Wildman–Crippen MR) is 97.9 cm³/mol. The van der Waals surface area contributed by atoms with Crippen molar-refractivity contribution in [1.82, 2.24) is 10.2 Å². The van der Waals surface area contributed by atoms with Crippen LogP contribution in [-0.2, 0) is 14.6 Å². The maximum Gasteiger partial charge on any atom is 0.227 e. The first-order valence-electron chi connectivity index (χ1n) is 8.39. The first-order valence-corrected chi connectivity index (χ1v) is 10.0. The smallest absolute Gasteiger partial charge is 0.227 e. The van der Waals surface area contributed by atoms with E-state index in [9.17, 15) is 13.2 Å². The standard InChI is InChI=1S/C18H23N3O3S/c1-4-13(5-2)18(22)19-15-9-7-14(8-10-15)16-11-12-17(21-20-16)25(23,24)6-3/h7-13H,4-6H2,1-3H3,(H,19,22). The van der Waals surface area contributed by atoms with E-state index in [-0.39, 0.29) is 22.6 Å². The first-order chi connectivity index (χ1) is 11.9. The van der Waals surface area contributed by atoms with Crippen LogP contribution in [0.25, 0.3) is 11.3 Å². The normalized spacial score (nSPS) is 11.5. The number of anilines is 1. The van der Waals surface area contributed by atoms with E-state index in [0.29, 0.717) is 5.69 Å². The fourth-order valence-corrected chi connectivity index (χ4v) is 3.15. The lowest BCUT2D eigenvalue weighted by Gasteiger charge is -2.13. The molecule has 0 unspecified atom stereocenters. The largest absolute Gasteiger partial charge is 0.326 e. The molecule has 134 valence electrons. The second-order valence-corrected chi connectivity index (χ2v) is 7.97. The average molecular weight is 361 g/mol. The van der Waals surface area contributed by atoms with Crippen molar-refractivity contribution in [2.24, 2.45) is 5.92 Å². The molecular weight excluding hydrogens is 338 g/mol. The maximum atomic E-state index is 12.1. The molecule has 1 aromatic carbocycles. The second-order valence-electron chi connectivity index (χ2n) is 5.74. The number of sulfone groups is 1. The van der Waals surface area contributed by atoms with Gasteiger partial charge in [-0.2, -0.15) is 0 Å². The third-order valence-electron chi connectivity index (χ3n) is 4.14.